The summed E-state index contributed by atoms with van der Waals surface area (Å²) in [6.07, 6.45) is 3.64. The van der Waals surface area contributed by atoms with Gasteiger partial charge in [0, 0.05) is 4.47 Å². The van der Waals surface area contributed by atoms with Crippen LogP contribution in [-0.4, -0.2) is 30.0 Å². The molecule has 1 aliphatic rings. The standard InChI is InChI=1S/C13H12BrNO3S2/c1-17-10-5-7(8(14)6-11(10)18-2)4-9-12(16)20-13(15-9)19-3/h4-6H,1-3H3. The number of aliphatic imine (C=N–C) groups is 1. The summed E-state index contributed by atoms with van der Waals surface area (Å²) in [5.74, 6) is 1.23. The molecule has 0 saturated carbocycles. The van der Waals surface area contributed by atoms with Crippen molar-refractivity contribution in [3.63, 3.8) is 0 Å². The van der Waals surface area contributed by atoms with Crippen LogP contribution in [-0.2, 0) is 4.79 Å². The van der Waals surface area contributed by atoms with Gasteiger partial charge in [-0.05, 0) is 41.8 Å². The zero-order valence-corrected chi connectivity index (χ0v) is 14.3. The number of methoxy groups -OCH3 is 2. The van der Waals surface area contributed by atoms with Crippen molar-refractivity contribution in [1.82, 2.24) is 0 Å². The van der Waals surface area contributed by atoms with Gasteiger partial charge in [0.1, 0.15) is 10.1 Å². The minimum absolute atomic E-state index is 0.0453. The normalized spacial score (nSPS) is 16.5. The summed E-state index contributed by atoms with van der Waals surface area (Å²) in [6.45, 7) is 0. The molecule has 0 saturated heterocycles. The first kappa shape index (κ1) is 15.5. The van der Waals surface area contributed by atoms with Crippen molar-refractivity contribution < 1.29 is 14.3 Å². The lowest BCUT2D eigenvalue weighted by molar-refractivity contribution is -0.107. The Morgan fingerprint density at radius 2 is 1.95 bits per heavy atom. The fourth-order valence-corrected chi connectivity index (χ4v) is 3.30. The molecule has 0 spiro atoms. The molecule has 0 bridgehead atoms. The van der Waals surface area contributed by atoms with Crippen molar-refractivity contribution >= 4 is 55.0 Å². The predicted molar refractivity (Wildman–Crippen MR) is 88.8 cm³/mol. The molecule has 1 aromatic rings. The Morgan fingerprint density at radius 1 is 1.30 bits per heavy atom. The maximum atomic E-state index is 11.8. The number of carbonyl (C=O) groups is 1. The molecular weight excluding hydrogens is 362 g/mol. The van der Waals surface area contributed by atoms with E-state index >= 15 is 0 Å². The van der Waals surface area contributed by atoms with Crippen LogP contribution in [0.5, 0.6) is 11.5 Å². The van der Waals surface area contributed by atoms with Crippen molar-refractivity contribution in [3.8, 4) is 11.5 Å². The highest BCUT2D eigenvalue weighted by molar-refractivity contribution is 9.10. The van der Waals surface area contributed by atoms with Crippen LogP contribution in [0.2, 0.25) is 0 Å². The van der Waals surface area contributed by atoms with Crippen LogP contribution in [0.25, 0.3) is 6.08 Å². The van der Waals surface area contributed by atoms with E-state index < -0.39 is 0 Å². The average Bonchev–Trinajstić information content (AvgIpc) is 2.81. The number of ether oxygens (including phenoxy) is 2. The Balaban J connectivity index is 2.44. The van der Waals surface area contributed by atoms with Gasteiger partial charge in [0.05, 0.1) is 14.2 Å². The fraction of sp³-hybridized carbons (Fsp3) is 0.231. The summed E-state index contributed by atoms with van der Waals surface area (Å²) in [7, 11) is 3.15. The third-order valence-electron chi connectivity index (χ3n) is 2.57. The van der Waals surface area contributed by atoms with Crippen LogP contribution in [0.4, 0.5) is 0 Å². The molecule has 0 radical (unpaired) electrons. The number of benzene rings is 1. The largest absolute Gasteiger partial charge is 0.493 e. The lowest BCUT2D eigenvalue weighted by atomic mass is 10.1. The third-order valence-corrected chi connectivity index (χ3v) is 5.11. The van der Waals surface area contributed by atoms with E-state index in [1.807, 2.05) is 6.26 Å². The Hall–Kier alpha value is -0.920. The Morgan fingerprint density at radius 3 is 2.50 bits per heavy atom. The van der Waals surface area contributed by atoms with E-state index in [2.05, 4.69) is 20.9 Å². The lowest BCUT2D eigenvalue weighted by Crippen LogP contribution is -1.93. The van der Waals surface area contributed by atoms with Gasteiger partial charge in [-0.25, -0.2) is 4.99 Å². The number of hydrogen-bond acceptors (Lipinski definition) is 6. The summed E-state index contributed by atoms with van der Waals surface area (Å²) in [6, 6.07) is 3.61. The smallest absolute Gasteiger partial charge is 0.244 e. The molecule has 0 unspecified atom stereocenters. The van der Waals surface area contributed by atoms with Crippen LogP contribution < -0.4 is 9.47 Å². The van der Waals surface area contributed by atoms with Crippen LogP contribution in [0.1, 0.15) is 5.56 Å². The highest BCUT2D eigenvalue weighted by atomic mass is 79.9. The molecule has 1 aromatic carbocycles. The van der Waals surface area contributed by atoms with Crippen LogP contribution in [0.15, 0.2) is 27.3 Å². The van der Waals surface area contributed by atoms with Gasteiger partial charge in [-0.2, -0.15) is 0 Å². The van der Waals surface area contributed by atoms with Crippen molar-refractivity contribution in [1.29, 1.82) is 0 Å². The summed E-state index contributed by atoms with van der Waals surface area (Å²) in [5, 5.41) is -0.0453. The number of thioether (sulfide) groups is 2. The SMILES string of the molecule is COc1cc(Br)c(C=C2N=C(SC)SC2=O)cc1OC. The number of halogens is 1. The summed E-state index contributed by atoms with van der Waals surface area (Å²) in [5.41, 5.74) is 1.25. The van der Waals surface area contributed by atoms with E-state index in [9.17, 15) is 4.79 Å². The first-order valence-electron chi connectivity index (χ1n) is 5.57. The second kappa shape index (κ2) is 6.69. The molecule has 0 atom stereocenters. The van der Waals surface area contributed by atoms with Gasteiger partial charge >= 0.3 is 0 Å². The molecule has 0 fully saturated rings. The molecule has 0 aromatic heterocycles. The second-order valence-corrected chi connectivity index (χ2v) is 6.60. The maximum Gasteiger partial charge on any atom is 0.244 e. The highest BCUT2D eigenvalue weighted by Gasteiger charge is 2.22. The van der Waals surface area contributed by atoms with E-state index in [1.165, 1.54) is 11.8 Å². The zero-order chi connectivity index (χ0) is 14.7. The molecule has 0 amide bonds. The predicted octanol–water partition coefficient (Wildman–Crippen LogP) is 3.80. The number of hydrogen-bond donors (Lipinski definition) is 0. The molecule has 1 aliphatic heterocycles. The molecule has 106 valence electrons. The van der Waals surface area contributed by atoms with Gasteiger partial charge < -0.3 is 9.47 Å². The van der Waals surface area contributed by atoms with Crippen molar-refractivity contribution in [2.75, 3.05) is 20.5 Å². The Labute approximate surface area is 134 Å². The summed E-state index contributed by atoms with van der Waals surface area (Å²) < 4.78 is 12.1. The molecule has 7 heteroatoms. The Bertz CT molecular complexity index is 614. The third kappa shape index (κ3) is 3.21. The number of nitrogens with zero attached hydrogens (tertiary/aromatic N) is 1. The molecule has 0 aliphatic carbocycles. The topological polar surface area (TPSA) is 47.9 Å². The van der Waals surface area contributed by atoms with Crippen LogP contribution in [0, 0.1) is 0 Å². The highest BCUT2D eigenvalue weighted by Crippen LogP contribution is 2.36. The van der Waals surface area contributed by atoms with Gasteiger partial charge in [0.15, 0.2) is 11.5 Å². The van der Waals surface area contributed by atoms with Crippen LogP contribution >= 0.6 is 39.5 Å². The minimum atomic E-state index is -0.0453. The number of rotatable bonds is 3. The molecule has 0 N–H and O–H groups in total. The van der Waals surface area contributed by atoms with Crippen LogP contribution in [0.3, 0.4) is 0 Å². The van der Waals surface area contributed by atoms with Gasteiger partial charge in [-0.1, -0.05) is 15.9 Å². The van der Waals surface area contributed by atoms with E-state index in [0.717, 1.165) is 26.2 Å². The number of carbonyl (C=O) groups excluding carboxylic acids is 1. The van der Waals surface area contributed by atoms with Crippen molar-refractivity contribution in [2.45, 2.75) is 0 Å². The fourth-order valence-electron chi connectivity index (χ4n) is 1.60. The van der Waals surface area contributed by atoms with Gasteiger partial charge in [-0.15, -0.1) is 11.8 Å². The minimum Gasteiger partial charge on any atom is -0.493 e. The monoisotopic (exact) mass is 373 g/mol. The molecule has 1 heterocycles. The summed E-state index contributed by atoms with van der Waals surface area (Å²) >= 11 is 6.07. The van der Waals surface area contributed by atoms with Crippen molar-refractivity contribution in [2.24, 2.45) is 4.99 Å². The Kier molecular flexibility index (Phi) is 5.17. The van der Waals surface area contributed by atoms with Gasteiger partial charge in [0.2, 0.25) is 5.12 Å². The molecule has 4 nitrogen and oxygen atoms in total. The molecule has 20 heavy (non-hydrogen) atoms. The average molecular weight is 374 g/mol. The second-order valence-electron chi connectivity index (χ2n) is 3.73. The molecular formula is C13H12BrNO3S2. The lowest BCUT2D eigenvalue weighted by Gasteiger charge is -2.09. The first-order chi connectivity index (χ1) is 9.58. The summed E-state index contributed by atoms with van der Waals surface area (Å²) in [4.78, 5) is 16.1. The van der Waals surface area contributed by atoms with E-state index in [1.54, 1.807) is 32.4 Å². The van der Waals surface area contributed by atoms with Gasteiger partial charge in [0.25, 0.3) is 0 Å². The van der Waals surface area contributed by atoms with E-state index in [-0.39, 0.29) is 5.12 Å². The first-order valence-corrected chi connectivity index (χ1v) is 8.40. The zero-order valence-electron chi connectivity index (χ0n) is 11.1. The quantitative estimate of drug-likeness (QED) is 0.754. The molecule has 2 rings (SSSR count). The van der Waals surface area contributed by atoms with E-state index in [4.69, 9.17) is 9.47 Å². The van der Waals surface area contributed by atoms with E-state index in [0.29, 0.717) is 17.2 Å². The van der Waals surface area contributed by atoms with Crippen molar-refractivity contribution in [3.05, 3.63) is 27.9 Å². The maximum absolute atomic E-state index is 11.8. The van der Waals surface area contributed by atoms with Gasteiger partial charge in [-0.3, -0.25) is 4.79 Å².